The number of rotatable bonds is 5. The molecule has 62 valence electrons. The van der Waals surface area contributed by atoms with E-state index in [4.69, 9.17) is 5.11 Å². The van der Waals surface area contributed by atoms with Crippen molar-refractivity contribution in [3.05, 3.63) is 0 Å². The van der Waals surface area contributed by atoms with Crippen LogP contribution in [0, 0.1) is 0 Å². The molecule has 0 bridgehead atoms. The van der Waals surface area contributed by atoms with Gasteiger partial charge in [-0.05, 0) is 6.92 Å². The first-order chi connectivity index (χ1) is 4.68. The highest BCUT2D eigenvalue weighted by molar-refractivity contribution is 7.84. The molecular weight excluding hydrogens is 150 g/mol. The van der Waals surface area contributed by atoms with Crippen LogP contribution in [0.15, 0.2) is 0 Å². The normalized spacial score (nSPS) is 16.7. The summed E-state index contributed by atoms with van der Waals surface area (Å²) in [6, 6.07) is 0. The van der Waals surface area contributed by atoms with Crippen molar-refractivity contribution < 1.29 is 9.32 Å². The first-order valence-corrected chi connectivity index (χ1v) is 4.94. The molecule has 2 N–H and O–H groups in total. The zero-order valence-corrected chi connectivity index (χ0v) is 7.28. The van der Waals surface area contributed by atoms with E-state index in [2.05, 4.69) is 5.32 Å². The maximum absolute atomic E-state index is 10.7. The van der Waals surface area contributed by atoms with E-state index in [0.29, 0.717) is 13.1 Å². The fraction of sp³-hybridized carbons (Fsp3) is 1.00. The van der Waals surface area contributed by atoms with Crippen molar-refractivity contribution in [2.45, 2.75) is 12.2 Å². The number of hydrogen-bond acceptors (Lipinski definition) is 3. The van der Waals surface area contributed by atoms with Crippen molar-refractivity contribution in [2.24, 2.45) is 0 Å². The monoisotopic (exact) mass is 165 g/mol. The zero-order valence-electron chi connectivity index (χ0n) is 6.46. The third kappa shape index (κ3) is 4.90. The van der Waals surface area contributed by atoms with Crippen molar-refractivity contribution in [3.8, 4) is 0 Å². The predicted molar refractivity (Wildman–Crippen MR) is 43.5 cm³/mol. The zero-order chi connectivity index (χ0) is 7.98. The standard InChI is InChI=1S/C6H15NO2S/c1-6(10(2)9)5-7-3-4-8/h6-8H,3-5H2,1-2H3. The maximum atomic E-state index is 10.7. The maximum Gasteiger partial charge on any atom is 0.0555 e. The van der Waals surface area contributed by atoms with Crippen LogP contribution >= 0.6 is 0 Å². The molecule has 4 heteroatoms. The molecule has 0 fully saturated rings. The molecular formula is C6H15NO2S. The quantitative estimate of drug-likeness (QED) is 0.531. The van der Waals surface area contributed by atoms with Gasteiger partial charge in [-0.25, -0.2) is 0 Å². The molecule has 0 aromatic carbocycles. The SMILES string of the molecule is CC(CNCCO)S(C)=O. The number of hydrogen-bond donors (Lipinski definition) is 2. The lowest BCUT2D eigenvalue weighted by Gasteiger charge is -2.07. The van der Waals surface area contributed by atoms with E-state index in [-0.39, 0.29) is 11.9 Å². The van der Waals surface area contributed by atoms with Crippen molar-refractivity contribution >= 4 is 10.8 Å². The molecule has 0 amide bonds. The van der Waals surface area contributed by atoms with Gasteiger partial charge >= 0.3 is 0 Å². The second-order valence-electron chi connectivity index (χ2n) is 2.24. The molecule has 3 nitrogen and oxygen atoms in total. The van der Waals surface area contributed by atoms with Gasteiger partial charge in [-0.2, -0.15) is 0 Å². The summed E-state index contributed by atoms with van der Waals surface area (Å²) in [6.45, 7) is 3.36. The molecule has 10 heavy (non-hydrogen) atoms. The Morgan fingerprint density at radius 2 is 2.30 bits per heavy atom. The van der Waals surface area contributed by atoms with Crippen LogP contribution in [0.25, 0.3) is 0 Å². The predicted octanol–water partition coefficient (Wildman–Crippen LogP) is -0.665. The molecule has 0 aliphatic rings. The average molecular weight is 165 g/mol. The fourth-order valence-corrected chi connectivity index (χ4v) is 0.854. The van der Waals surface area contributed by atoms with Gasteiger partial charge in [0.2, 0.25) is 0 Å². The largest absolute Gasteiger partial charge is 0.395 e. The molecule has 2 unspecified atom stereocenters. The highest BCUT2D eigenvalue weighted by Crippen LogP contribution is 1.88. The van der Waals surface area contributed by atoms with Crippen molar-refractivity contribution in [2.75, 3.05) is 26.0 Å². The van der Waals surface area contributed by atoms with Crippen LogP contribution in [0.3, 0.4) is 0 Å². The van der Waals surface area contributed by atoms with Crippen LogP contribution in [0.4, 0.5) is 0 Å². The van der Waals surface area contributed by atoms with E-state index >= 15 is 0 Å². The van der Waals surface area contributed by atoms with Gasteiger partial charge in [-0.15, -0.1) is 0 Å². The Kier molecular flexibility index (Phi) is 5.87. The van der Waals surface area contributed by atoms with E-state index in [1.54, 1.807) is 6.26 Å². The Labute approximate surface area is 64.3 Å². The van der Waals surface area contributed by atoms with Crippen LogP contribution in [-0.2, 0) is 10.8 Å². The van der Waals surface area contributed by atoms with Gasteiger partial charge in [0.05, 0.1) is 6.61 Å². The second kappa shape index (κ2) is 5.82. The third-order valence-electron chi connectivity index (χ3n) is 1.29. The Hall–Kier alpha value is 0.0700. The Bertz CT molecular complexity index is 108. The molecule has 0 aliphatic carbocycles. The van der Waals surface area contributed by atoms with Gasteiger partial charge in [-0.1, -0.05) is 0 Å². The molecule has 0 rings (SSSR count). The van der Waals surface area contributed by atoms with E-state index in [9.17, 15) is 4.21 Å². The van der Waals surface area contributed by atoms with E-state index in [0.717, 1.165) is 0 Å². The summed E-state index contributed by atoms with van der Waals surface area (Å²) in [6.07, 6.45) is 1.69. The summed E-state index contributed by atoms with van der Waals surface area (Å²) in [5.41, 5.74) is 0. The average Bonchev–Trinajstić information content (AvgIpc) is 1.88. The van der Waals surface area contributed by atoms with Crippen LogP contribution < -0.4 is 5.32 Å². The molecule has 0 saturated heterocycles. The van der Waals surface area contributed by atoms with Crippen molar-refractivity contribution in [1.29, 1.82) is 0 Å². The highest BCUT2D eigenvalue weighted by atomic mass is 32.2. The lowest BCUT2D eigenvalue weighted by Crippen LogP contribution is -2.29. The Morgan fingerprint density at radius 1 is 1.70 bits per heavy atom. The van der Waals surface area contributed by atoms with Gasteiger partial charge in [0.1, 0.15) is 0 Å². The van der Waals surface area contributed by atoms with E-state index in [1.807, 2.05) is 6.92 Å². The van der Waals surface area contributed by atoms with Gasteiger partial charge in [-0.3, -0.25) is 4.21 Å². The van der Waals surface area contributed by atoms with Gasteiger partial charge in [0.25, 0.3) is 0 Å². The topological polar surface area (TPSA) is 49.3 Å². The minimum absolute atomic E-state index is 0.142. The number of nitrogens with one attached hydrogen (secondary N) is 1. The third-order valence-corrected chi connectivity index (χ3v) is 2.59. The highest BCUT2D eigenvalue weighted by Gasteiger charge is 2.03. The summed E-state index contributed by atoms with van der Waals surface area (Å²) in [7, 11) is -0.758. The van der Waals surface area contributed by atoms with Crippen LogP contribution in [0.2, 0.25) is 0 Å². The summed E-state index contributed by atoms with van der Waals surface area (Å²) in [4.78, 5) is 0. The van der Waals surface area contributed by atoms with Gasteiger partial charge < -0.3 is 10.4 Å². The smallest absolute Gasteiger partial charge is 0.0555 e. The molecule has 0 spiro atoms. The van der Waals surface area contributed by atoms with E-state index in [1.165, 1.54) is 0 Å². The van der Waals surface area contributed by atoms with Gasteiger partial charge in [0, 0.05) is 35.4 Å². The van der Waals surface area contributed by atoms with Crippen molar-refractivity contribution in [1.82, 2.24) is 5.32 Å². The molecule has 0 heterocycles. The lowest BCUT2D eigenvalue weighted by atomic mass is 10.4. The summed E-state index contributed by atoms with van der Waals surface area (Å²) >= 11 is 0. The molecule has 0 radical (unpaired) electrons. The van der Waals surface area contributed by atoms with Crippen LogP contribution in [-0.4, -0.2) is 40.5 Å². The second-order valence-corrected chi connectivity index (χ2v) is 4.04. The summed E-state index contributed by atoms with van der Waals surface area (Å²) in [5.74, 6) is 0. The Morgan fingerprint density at radius 3 is 2.70 bits per heavy atom. The molecule has 0 saturated carbocycles. The number of aliphatic hydroxyl groups is 1. The summed E-state index contributed by atoms with van der Waals surface area (Å²) in [5, 5.41) is 11.5. The minimum Gasteiger partial charge on any atom is -0.395 e. The Balaban J connectivity index is 3.21. The lowest BCUT2D eigenvalue weighted by molar-refractivity contribution is 0.292. The molecule has 0 aromatic rings. The fourth-order valence-electron chi connectivity index (χ4n) is 0.502. The van der Waals surface area contributed by atoms with E-state index < -0.39 is 10.8 Å². The minimum atomic E-state index is -0.758. The molecule has 0 aliphatic heterocycles. The van der Waals surface area contributed by atoms with Gasteiger partial charge in [0.15, 0.2) is 0 Å². The van der Waals surface area contributed by atoms with Crippen LogP contribution in [0.5, 0.6) is 0 Å². The van der Waals surface area contributed by atoms with Crippen LogP contribution in [0.1, 0.15) is 6.92 Å². The number of aliphatic hydroxyl groups excluding tert-OH is 1. The summed E-state index contributed by atoms with van der Waals surface area (Å²) < 4.78 is 10.7. The first-order valence-electron chi connectivity index (χ1n) is 3.32. The first kappa shape index (κ1) is 10.1. The van der Waals surface area contributed by atoms with Crippen molar-refractivity contribution in [3.63, 3.8) is 0 Å². The molecule has 0 aromatic heterocycles. The molecule has 2 atom stereocenters.